The molecule has 148 valence electrons. The maximum absolute atomic E-state index is 5.87. The molecule has 0 heterocycles. The van der Waals surface area contributed by atoms with E-state index in [1.165, 1.54) is 43.2 Å². The summed E-state index contributed by atoms with van der Waals surface area (Å²) in [6, 6.07) is 16.8. The van der Waals surface area contributed by atoms with Crippen LogP contribution >= 0.6 is 0 Å². The molecule has 2 rings (SSSR count). The lowest BCUT2D eigenvalue weighted by atomic mass is 10.1. The molecule has 0 saturated carbocycles. The molecule has 0 unspecified atom stereocenters. The van der Waals surface area contributed by atoms with Crippen LogP contribution in [0.4, 0.5) is 0 Å². The summed E-state index contributed by atoms with van der Waals surface area (Å²) < 4.78 is 11.7. The zero-order valence-electron chi connectivity index (χ0n) is 17.4. The highest BCUT2D eigenvalue weighted by Crippen LogP contribution is 2.25. The Hall–Kier alpha value is -1.96. The van der Waals surface area contributed by atoms with Gasteiger partial charge in [0.15, 0.2) is 0 Å². The summed E-state index contributed by atoms with van der Waals surface area (Å²) in [6.45, 7) is 8.25. The van der Waals surface area contributed by atoms with E-state index in [0.717, 1.165) is 37.6 Å². The Bertz CT molecular complexity index is 616. The van der Waals surface area contributed by atoms with Gasteiger partial charge in [-0.05, 0) is 47.7 Å². The molecule has 0 fully saturated rings. The van der Waals surface area contributed by atoms with Gasteiger partial charge in [0.2, 0.25) is 0 Å². The molecule has 0 N–H and O–H groups in total. The molecule has 1 atom stereocenters. The summed E-state index contributed by atoms with van der Waals surface area (Å²) in [6.07, 6.45) is 8.89. The highest BCUT2D eigenvalue weighted by atomic mass is 16.5. The first-order chi connectivity index (χ1) is 13.2. The molecule has 2 aromatic rings. The van der Waals surface area contributed by atoms with Gasteiger partial charge in [-0.2, -0.15) is 0 Å². The number of ether oxygens (including phenoxy) is 2. The van der Waals surface area contributed by atoms with E-state index in [-0.39, 0.29) is 0 Å². The van der Waals surface area contributed by atoms with Crippen LogP contribution in [0.1, 0.15) is 65.7 Å². The van der Waals surface area contributed by atoms with Crippen molar-refractivity contribution in [3.63, 3.8) is 0 Å². The molecule has 2 aromatic carbocycles. The Kier molecular flexibility index (Phi) is 9.83. The quantitative estimate of drug-likeness (QED) is 0.340. The first-order valence-electron chi connectivity index (χ1n) is 10.7. The van der Waals surface area contributed by atoms with Crippen LogP contribution in [0.25, 0.3) is 11.1 Å². The van der Waals surface area contributed by atoms with Crippen LogP contribution in [0.15, 0.2) is 48.5 Å². The molecule has 0 bridgehead atoms. The van der Waals surface area contributed by atoms with Gasteiger partial charge in [0, 0.05) is 0 Å². The Morgan fingerprint density at radius 2 is 1.19 bits per heavy atom. The number of rotatable bonds is 13. The predicted octanol–water partition coefficient (Wildman–Crippen LogP) is 7.52. The molecule has 0 radical (unpaired) electrons. The third-order valence-electron chi connectivity index (χ3n) is 5.04. The molecule has 0 amide bonds. The third-order valence-corrected chi connectivity index (χ3v) is 5.04. The second-order valence-electron chi connectivity index (χ2n) is 7.49. The van der Waals surface area contributed by atoms with Gasteiger partial charge in [-0.25, -0.2) is 0 Å². The van der Waals surface area contributed by atoms with E-state index in [9.17, 15) is 0 Å². The molecule has 0 aliphatic heterocycles. The highest BCUT2D eigenvalue weighted by molar-refractivity contribution is 5.64. The van der Waals surface area contributed by atoms with Crippen LogP contribution in [0.3, 0.4) is 0 Å². The van der Waals surface area contributed by atoms with Crippen LogP contribution < -0.4 is 9.47 Å². The molecule has 0 aromatic heterocycles. The van der Waals surface area contributed by atoms with E-state index in [1.807, 2.05) is 0 Å². The minimum atomic E-state index is 0.591. The number of benzene rings is 2. The van der Waals surface area contributed by atoms with Crippen molar-refractivity contribution in [2.45, 2.75) is 65.7 Å². The van der Waals surface area contributed by atoms with Crippen molar-refractivity contribution >= 4 is 0 Å². The fourth-order valence-electron chi connectivity index (χ4n) is 2.92. The Morgan fingerprint density at radius 3 is 1.74 bits per heavy atom. The fourth-order valence-corrected chi connectivity index (χ4v) is 2.92. The van der Waals surface area contributed by atoms with Crippen molar-refractivity contribution in [2.24, 2.45) is 5.92 Å². The predicted molar refractivity (Wildman–Crippen MR) is 116 cm³/mol. The fraction of sp³-hybridized carbons (Fsp3) is 0.520. The van der Waals surface area contributed by atoms with E-state index < -0.39 is 0 Å². The maximum Gasteiger partial charge on any atom is 0.119 e. The summed E-state index contributed by atoms with van der Waals surface area (Å²) >= 11 is 0. The van der Waals surface area contributed by atoms with Crippen LogP contribution in [0, 0.1) is 5.92 Å². The molecule has 27 heavy (non-hydrogen) atoms. The van der Waals surface area contributed by atoms with E-state index in [0.29, 0.717) is 5.92 Å². The molecular formula is C25H36O2. The molecule has 2 heteroatoms. The van der Waals surface area contributed by atoms with Crippen LogP contribution in [-0.2, 0) is 0 Å². The summed E-state index contributed by atoms with van der Waals surface area (Å²) in [4.78, 5) is 0. The maximum atomic E-state index is 5.87. The SMILES string of the molecule is CCCCCCCCOc1ccc(-c2ccc(OC[C@@H](C)CC)cc2)cc1. The first-order valence-corrected chi connectivity index (χ1v) is 10.7. The van der Waals surface area contributed by atoms with Crippen molar-refractivity contribution in [3.05, 3.63) is 48.5 Å². The summed E-state index contributed by atoms with van der Waals surface area (Å²) in [5.74, 6) is 2.49. The molecule has 0 spiro atoms. The Labute approximate surface area is 165 Å². The van der Waals surface area contributed by atoms with Crippen LogP contribution in [0.5, 0.6) is 11.5 Å². The van der Waals surface area contributed by atoms with Crippen LogP contribution in [-0.4, -0.2) is 13.2 Å². The smallest absolute Gasteiger partial charge is 0.119 e. The van der Waals surface area contributed by atoms with Crippen molar-refractivity contribution in [3.8, 4) is 22.6 Å². The van der Waals surface area contributed by atoms with Crippen molar-refractivity contribution in [1.29, 1.82) is 0 Å². The minimum Gasteiger partial charge on any atom is -0.494 e. The van der Waals surface area contributed by atoms with E-state index >= 15 is 0 Å². The standard InChI is InChI=1S/C25H36O2/c1-4-6-7-8-9-10-19-26-24-15-11-22(12-16-24)23-13-17-25(18-14-23)27-20-21(3)5-2/h11-18,21H,4-10,19-20H2,1-3H3/t21-/m0/s1. The lowest BCUT2D eigenvalue weighted by Crippen LogP contribution is -2.06. The lowest BCUT2D eigenvalue weighted by Gasteiger charge is -2.11. The lowest BCUT2D eigenvalue weighted by molar-refractivity contribution is 0.256. The Morgan fingerprint density at radius 1 is 0.667 bits per heavy atom. The molecule has 0 saturated heterocycles. The normalized spacial score (nSPS) is 12.0. The average molecular weight is 369 g/mol. The van der Waals surface area contributed by atoms with Gasteiger partial charge < -0.3 is 9.47 Å². The number of hydrogen-bond donors (Lipinski definition) is 0. The Balaban J connectivity index is 1.75. The van der Waals surface area contributed by atoms with E-state index in [2.05, 4.69) is 69.3 Å². The van der Waals surface area contributed by atoms with E-state index in [1.54, 1.807) is 0 Å². The molecule has 0 aliphatic carbocycles. The molecule has 2 nitrogen and oxygen atoms in total. The van der Waals surface area contributed by atoms with Gasteiger partial charge in [-0.1, -0.05) is 83.6 Å². The van der Waals surface area contributed by atoms with Crippen molar-refractivity contribution in [2.75, 3.05) is 13.2 Å². The number of unbranched alkanes of at least 4 members (excludes halogenated alkanes) is 5. The molecule has 0 aliphatic rings. The van der Waals surface area contributed by atoms with Crippen LogP contribution in [0.2, 0.25) is 0 Å². The van der Waals surface area contributed by atoms with E-state index in [4.69, 9.17) is 9.47 Å². The summed E-state index contributed by atoms with van der Waals surface area (Å²) in [7, 11) is 0. The first kappa shape index (κ1) is 21.3. The van der Waals surface area contributed by atoms with Crippen molar-refractivity contribution < 1.29 is 9.47 Å². The van der Waals surface area contributed by atoms with Gasteiger partial charge in [0.25, 0.3) is 0 Å². The second kappa shape index (κ2) is 12.4. The zero-order valence-corrected chi connectivity index (χ0v) is 17.4. The number of hydrogen-bond acceptors (Lipinski definition) is 2. The highest BCUT2D eigenvalue weighted by Gasteiger charge is 2.03. The largest absolute Gasteiger partial charge is 0.494 e. The second-order valence-corrected chi connectivity index (χ2v) is 7.49. The average Bonchev–Trinajstić information content (AvgIpc) is 2.72. The van der Waals surface area contributed by atoms with Gasteiger partial charge in [-0.3, -0.25) is 0 Å². The summed E-state index contributed by atoms with van der Waals surface area (Å²) in [5, 5.41) is 0. The van der Waals surface area contributed by atoms with Gasteiger partial charge >= 0.3 is 0 Å². The monoisotopic (exact) mass is 368 g/mol. The van der Waals surface area contributed by atoms with Gasteiger partial charge in [0.1, 0.15) is 11.5 Å². The topological polar surface area (TPSA) is 18.5 Å². The third kappa shape index (κ3) is 8.07. The van der Waals surface area contributed by atoms with Gasteiger partial charge in [-0.15, -0.1) is 0 Å². The minimum absolute atomic E-state index is 0.591. The van der Waals surface area contributed by atoms with Crippen molar-refractivity contribution in [1.82, 2.24) is 0 Å². The zero-order chi connectivity index (χ0) is 19.3. The summed E-state index contributed by atoms with van der Waals surface area (Å²) in [5.41, 5.74) is 2.41. The molecular weight excluding hydrogens is 332 g/mol. The van der Waals surface area contributed by atoms with Gasteiger partial charge in [0.05, 0.1) is 13.2 Å².